The van der Waals surface area contributed by atoms with Crippen LogP contribution in [0.2, 0.25) is 0 Å². The van der Waals surface area contributed by atoms with Crippen molar-refractivity contribution in [3.63, 3.8) is 0 Å². The van der Waals surface area contributed by atoms with Gasteiger partial charge in [0.25, 0.3) is 5.91 Å². The van der Waals surface area contributed by atoms with Crippen LogP contribution in [0.4, 0.5) is 13.2 Å². The number of aliphatic hydroxyl groups is 1. The SMILES string of the molecule is Cc1nc(C(F)(F)F)ccc1C(=O)NCC1(CCO)CCCCC1. The third kappa shape index (κ3) is 4.47. The largest absolute Gasteiger partial charge is 0.433 e. The maximum Gasteiger partial charge on any atom is 0.433 e. The summed E-state index contributed by atoms with van der Waals surface area (Å²) in [6.45, 7) is 1.89. The van der Waals surface area contributed by atoms with Crippen LogP contribution in [0.3, 0.4) is 0 Å². The highest BCUT2D eigenvalue weighted by Crippen LogP contribution is 2.38. The van der Waals surface area contributed by atoms with Crippen molar-refractivity contribution >= 4 is 5.91 Å². The van der Waals surface area contributed by atoms with Crippen molar-refractivity contribution in [3.05, 3.63) is 29.1 Å². The molecule has 0 aliphatic heterocycles. The number of nitrogens with one attached hydrogen (secondary N) is 1. The molecule has 0 radical (unpaired) electrons. The number of aliphatic hydroxyl groups excluding tert-OH is 1. The lowest BCUT2D eigenvalue weighted by molar-refractivity contribution is -0.141. The van der Waals surface area contributed by atoms with Crippen LogP contribution in [-0.2, 0) is 6.18 Å². The van der Waals surface area contributed by atoms with Crippen molar-refractivity contribution in [3.8, 4) is 0 Å². The molecule has 2 N–H and O–H groups in total. The van der Waals surface area contributed by atoms with E-state index in [9.17, 15) is 23.1 Å². The molecular formula is C17H23F3N2O2. The Kier molecular flexibility index (Phi) is 5.85. The molecule has 7 heteroatoms. The van der Waals surface area contributed by atoms with E-state index in [1.807, 2.05) is 0 Å². The molecule has 0 unspecified atom stereocenters. The van der Waals surface area contributed by atoms with Gasteiger partial charge in [0.15, 0.2) is 0 Å². The van der Waals surface area contributed by atoms with E-state index in [4.69, 9.17) is 0 Å². The first-order valence-electron chi connectivity index (χ1n) is 8.21. The van der Waals surface area contributed by atoms with E-state index in [-0.39, 0.29) is 23.3 Å². The lowest BCUT2D eigenvalue weighted by Crippen LogP contribution is -2.40. The van der Waals surface area contributed by atoms with Gasteiger partial charge in [-0.15, -0.1) is 0 Å². The zero-order valence-corrected chi connectivity index (χ0v) is 13.7. The third-order valence-corrected chi connectivity index (χ3v) is 4.80. The number of carbonyl (C=O) groups excluding carboxylic acids is 1. The van der Waals surface area contributed by atoms with Gasteiger partial charge >= 0.3 is 6.18 Å². The van der Waals surface area contributed by atoms with Crippen molar-refractivity contribution in [1.82, 2.24) is 10.3 Å². The van der Waals surface area contributed by atoms with Gasteiger partial charge in [0.05, 0.1) is 11.3 Å². The summed E-state index contributed by atoms with van der Waals surface area (Å²) in [6.07, 6.45) is 1.28. The van der Waals surface area contributed by atoms with Gasteiger partial charge in [-0.1, -0.05) is 19.3 Å². The number of aromatic nitrogens is 1. The Morgan fingerprint density at radius 2 is 1.96 bits per heavy atom. The molecule has 1 aliphatic rings. The topological polar surface area (TPSA) is 62.2 Å². The number of amides is 1. The van der Waals surface area contributed by atoms with E-state index >= 15 is 0 Å². The first kappa shape index (κ1) is 18.7. The summed E-state index contributed by atoms with van der Waals surface area (Å²) in [6, 6.07) is 1.99. The molecule has 0 aromatic carbocycles. The summed E-state index contributed by atoms with van der Waals surface area (Å²) in [4.78, 5) is 15.8. The molecule has 1 aromatic heterocycles. The molecule has 1 aromatic rings. The van der Waals surface area contributed by atoms with E-state index in [0.29, 0.717) is 13.0 Å². The molecule has 24 heavy (non-hydrogen) atoms. The van der Waals surface area contributed by atoms with Gasteiger partial charge in [0.1, 0.15) is 5.69 Å². The van der Waals surface area contributed by atoms with E-state index in [1.165, 1.54) is 13.0 Å². The number of aryl methyl sites for hydroxylation is 1. The monoisotopic (exact) mass is 344 g/mol. The Morgan fingerprint density at radius 3 is 2.50 bits per heavy atom. The Hall–Kier alpha value is -1.63. The number of hydrogen-bond donors (Lipinski definition) is 2. The molecule has 0 bridgehead atoms. The molecule has 1 fully saturated rings. The predicted molar refractivity (Wildman–Crippen MR) is 83.5 cm³/mol. The van der Waals surface area contributed by atoms with E-state index in [1.54, 1.807) is 0 Å². The predicted octanol–water partition coefficient (Wildman–Crippen LogP) is 3.47. The lowest BCUT2D eigenvalue weighted by atomic mass is 9.72. The Balaban J connectivity index is 2.06. The second-order valence-corrected chi connectivity index (χ2v) is 6.54. The quantitative estimate of drug-likeness (QED) is 0.860. The number of nitrogens with zero attached hydrogens (tertiary/aromatic N) is 1. The standard InChI is InChI=1S/C17H23F3N2O2/c1-12-13(5-6-14(22-12)17(18,19)20)15(24)21-11-16(9-10-23)7-3-2-4-8-16/h5-6,23H,2-4,7-11H2,1H3,(H,21,24). The van der Waals surface area contributed by atoms with Gasteiger partial charge < -0.3 is 10.4 Å². The zero-order chi connectivity index (χ0) is 17.8. The number of carbonyl (C=O) groups is 1. The molecule has 134 valence electrons. The molecule has 0 saturated heterocycles. The Labute approximate surface area is 139 Å². The number of alkyl halides is 3. The fourth-order valence-electron chi connectivity index (χ4n) is 3.38. The second-order valence-electron chi connectivity index (χ2n) is 6.54. The minimum Gasteiger partial charge on any atom is -0.396 e. The molecule has 4 nitrogen and oxygen atoms in total. The Morgan fingerprint density at radius 1 is 1.29 bits per heavy atom. The van der Waals surface area contributed by atoms with Crippen molar-refractivity contribution in [1.29, 1.82) is 0 Å². The minimum atomic E-state index is -4.52. The molecule has 0 atom stereocenters. The van der Waals surface area contributed by atoms with Gasteiger partial charge in [-0.05, 0) is 43.7 Å². The molecule has 1 heterocycles. The summed E-state index contributed by atoms with van der Waals surface area (Å²) in [5, 5.41) is 12.1. The third-order valence-electron chi connectivity index (χ3n) is 4.80. The summed E-state index contributed by atoms with van der Waals surface area (Å²) in [7, 11) is 0. The van der Waals surface area contributed by atoms with Crippen LogP contribution < -0.4 is 5.32 Å². The highest BCUT2D eigenvalue weighted by Gasteiger charge is 2.34. The average Bonchev–Trinajstić information content (AvgIpc) is 2.53. The highest BCUT2D eigenvalue weighted by molar-refractivity contribution is 5.95. The molecule has 1 amide bonds. The summed E-state index contributed by atoms with van der Waals surface area (Å²) in [5.74, 6) is -0.420. The fourth-order valence-corrected chi connectivity index (χ4v) is 3.38. The molecule has 1 aliphatic carbocycles. The summed E-state index contributed by atoms with van der Waals surface area (Å²) in [5.41, 5.74) is -0.906. The maximum atomic E-state index is 12.6. The number of hydrogen-bond acceptors (Lipinski definition) is 3. The van der Waals surface area contributed by atoms with E-state index in [0.717, 1.165) is 38.2 Å². The maximum absolute atomic E-state index is 12.6. The number of pyridine rings is 1. The molecule has 1 saturated carbocycles. The Bertz CT molecular complexity index is 576. The van der Waals surface area contributed by atoms with E-state index < -0.39 is 17.8 Å². The molecule has 0 spiro atoms. The minimum absolute atomic E-state index is 0.0576. The van der Waals surface area contributed by atoms with Crippen LogP contribution >= 0.6 is 0 Å². The first-order valence-corrected chi connectivity index (χ1v) is 8.21. The smallest absolute Gasteiger partial charge is 0.396 e. The second kappa shape index (κ2) is 7.51. The van der Waals surface area contributed by atoms with Gasteiger partial charge in [-0.3, -0.25) is 4.79 Å². The van der Waals surface area contributed by atoms with Crippen LogP contribution in [0.5, 0.6) is 0 Å². The van der Waals surface area contributed by atoms with Crippen LogP contribution in [0.25, 0.3) is 0 Å². The molecule has 2 rings (SSSR count). The zero-order valence-electron chi connectivity index (χ0n) is 13.7. The lowest BCUT2D eigenvalue weighted by Gasteiger charge is -2.37. The van der Waals surface area contributed by atoms with Crippen molar-refractivity contribution in [2.75, 3.05) is 13.2 Å². The van der Waals surface area contributed by atoms with Crippen LogP contribution in [0.15, 0.2) is 12.1 Å². The first-order chi connectivity index (χ1) is 11.3. The van der Waals surface area contributed by atoms with Gasteiger partial charge in [-0.2, -0.15) is 13.2 Å². The van der Waals surface area contributed by atoms with Crippen molar-refractivity contribution in [2.24, 2.45) is 5.41 Å². The number of rotatable bonds is 5. The van der Waals surface area contributed by atoms with Gasteiger partial charge in [-0.25, -0.2) is 4.98 Å². The van der Waals surface area contributed by atoms with Crippen molar-refractivity contribution < 1.29 is 23.1 Å². The van der Waals surface area contributed by atoms with E-state index in [2.05, 4.69) is 10.3 Å². The van der Waals surface area contributed by atoms with Crippen LogP contribution in [0, 0.1) is 12.3 Å². The number of halogens is 3. The summed E-state index contributed by atoms with van der Waals surface area (Å²) < 4.78 is 37.9. The van der Waals surface area contributed by atoms with Gasteiger partial charge in [0, 0.05) is 13.2 Å². The fraction of sp³-hybridized carbons (Fsp3) is 0.647. The summed E-state index contributed by atoms with van der Waals surface area (Å²) >= 11 is 0. The van der Waals surface area contributed by atoms with Crippen LogP contribution in [0.1, 0.15) is 60.3 Å². The van der Waals surface area contributed by atoms with Gasteiger partial charge in [0.2, 0.25) is 0 Å². The normalized spacial score (nSPS) is 17.5. The van der Waals surface area contributed by atoms with Crippen LogP contribution in [-0.4, -0.2) is 29.1 Å². The molecular weight excluding hydrogens is 321 g/mol. The highest BCUT2D eigenvalue weighted by atomic mass is 19.4. The van der Waals surface area contributed by atoms with Crippen molar-refractivity contribution in [2.45, 2.75) is 51.6 Å². The average molecular weight is 344 g/mol.